The number of carbonyl (C=O) groups excluding carboxylic acids is 1. The first-order chi connectivity index (χ1) is 11.7. The summed E-state index contributed by atoms with van der Waals surface area (Å²) in [6.45, 7) is 0.188. The number of aliphatic hydroxyl groups is 1. The number of rotatable bonds is 6. The van der Waals surface area contributed by atoms with Gasteiger partial charge in [0.25, 0.3) is 5.91 Å². The molecule has 0 aliphatic rings. The van der Waals surface area contributed by atoms with E-state index in [0.717, 1.165) is 11.1 Å². The smallest absolute Gasteiger partial charge is 0.269 e. The van der Waals surface area contributed by atoms with Crippen molar-refractivity contribution in [1.82, 2.24) is 15.5 Å². The van der Waals surface area contributed by atoms with Crippen LogP contribution in [0.2, 0.25) is 0 Å². The Hall–Kier alpha value is -2.92. The van der Waals surface area contributed by atoms with Gasteiger partial charge in [0.05, 0.1) is 11.8 Å². The highest BCUT2D eigenvalue weighted by molar-refractivity contribution is 5.93. The minimum Gasteiger partial charge on any atom is -0.391 e. The highest BCUT2D eigenvalue weighted by Gasteiger charge is 2.13. The van der Waals surface area contributed by atoms with Crippen LogP contribution in [0.5, 0.6) is 0 Å². The summed E-state index contributed by atoms with van der Waals surface area (Å²) in [6, 6.07) is 21.0. The number of amides is 1. The maximum Gasteiger partial charge on any atom is 0.269 e. The average Bonchev–Trinajstić information content (AvgIpc) is 3.11. The van der Waals surface area contributed by atoms with E-state index in [0.29, 0.717) is 17.8 Å². The predicted molar refractivity (Wildman–Crippen MR) is 92.5 cm³/mol. The zero-order chi connectivity index (χ0) is 16.8. The first kappa shape index (κ1) is 16.0. The van der Waals surface area contributed by atoms with Crippen molar-refractivity contribution in [1.29, 1.82) is 0 Å². The zero-order valence-electron chi connectivity index (χ0n) is 13.1. The number of hydrogen-bond acceptors (Lipinski definition) is 3. The number of carbonyl (C=O) groups is 1. The zero-order valence-corrected chi connectivity index (χ0v) is 13.1. The minimum absolute atomic E-state index is 0.188. The molecular weight excluding hydrogens is 302 g/mol. The lowest BCUT2D eigenvalue weighted by Crippen LogP contribution is -2.33. The van der Waals surface area contributed by atoms with Crippen molar-refractivity contribution in [2.45, 2.75) is 12.5 Å². The van der Waals surface area contributed by atoms with Gasteiger partial charge in [0, 0.05) is 18.5 Å². The van der Waals surface area contributed by atoms with E-state index >= 15 is 0 Å². The Labute approximate surface area is 140 Å². The fraction of sp³-hybridized carbons (Fsp3) is 0.158. The molecule has 0 bridgehead atoms. The second-order valence-corrected chi connectivity index (χ2v) is 5.59. The fourth-order valence-corrected chi connectivity index (χ4v) is 2.46. The lowest BCUT2D eigenvalue weighted by Gasteiger charge is -2.11. The van der Waals surface area contributed by atoms with Gasteiger partial charge in [0.2, 0.25) is 0 Å². The molecule has 0 fully saturated rings. The third kappa shape index (κ3) is 4.08. The molecule has 1 unspecified atom stereocenters. The minimum atomic E-state index is -0.632. The Morgan fingerprint density at radius 3 is 2.46 bits per heavy atom. The summed E-state index contributed by atoms with van der Waals surface area (Å²) in [5, 5.41) is 19.7. The topological polar surface area (TPSA) is 78.0 Å². The van der Waals surface area contributed by atoms with Crippen molar-refractivity contribution < 1.29 is 9.90 Å². The SMILES string of the molecule is O=C(NCC(O)Cc1ccccc1)c1cc(-c2ccccc2)n[nH]1. The van der Waals surface area contributed by atoms with Crippen LogP contribution in [-0.2, 0) is 6.42 Å². The number of aromatic nitrogens is 2. The van der Waals surface area contributed by atoms with Gasteiger partial charge in [-0.1, -0.05) is 60.7 Å². The van der Waals surface area contributed by atoms with Crippen LogP contribution in [0.1, 0.15) is 16.1 Å². The highest BCUT2D eigenvalue weighted by atomic mass is 16.3. The monoisotopic (exact) mass is 321 g/mol. The predicted octanol–water partition coefficient (Wildman–Crippen LogP) is 2.41. The Bertz CT molecular complexity index is 785. The molecule has 0 saturated heterocycles. The molecule has 0 radical (unpaired) electrons. The van der Waals surface area contributed by atoms with Gasteiger partial charge in [-0.05, 0) is 11.6 Å². The Kier molecular flexibility index (Phi) is 5.03. The second-order valence-electron chi connectivity index (χ2n) is 5.59. The normalized spacial score (nSPS) is 11.9. The van der Waals surface area contributed by atoms with E-state index in [-0.39, 0.29) is 12.5 Å². The number of H-pyrrole nitrogens is 1. The van der Waals surface area contributed by atoms with Crippen molar-refractivity contribution in [3.63, 3.8) is 0 Å². The van der Waals surface area contributed by atoms with Crippen LogP contribution in [0.4, 0.5) is 0 Å². The van der Waals surface area contributed by atoms with E-state index < -0.39 is 6.10 Å². The van der Waals surface area contributed by atoms with Gasteiger partial charge in [-0.15, -0.1) is 0 Å². The van der Waals surface area contributed by atoms with Crippen LogP contribution in [0.25, 0.3) is 11.3 Å². The van der Waals surface area contributed by atoms with Crippen LogP contribution in [0, 0.1) is 0 Å². The third-order valence-electron chi connectivity index (χ3n) is 3.70. The molecule has 1 aromatic heterocycles. The molecule has 1 heterocycles. The molecule has 3 rings (SSSR count). The number of hydrogen-bond donors (Lipinski definition) is 3. The molecule has 0 spiro atoms. The fourth-order valence-electron chi connectivity index (χ4n) is 2.46. The third-order valence-corrected chi connectivity index (χ3v) is 3.70. The first-order valence-corrected chi connectivity index (χ1v) is 7.83. The average molecular weight is 321 g/mol. The van der Waals surface area contributed by atoms with Crippen LogP contribution in [0.3, 0.4) is 0 Å². The molecule has 1 atom stereocenters. The Morgan fingerprint density at radius 2 is 1.75 bits per heavy atom. The van der Waals surface area contributed by atoms with Crippen molar-refractivity contribution in [2.75, 3.05) is 6.54 Å². The molecule has 0 saturated carbocycles. The Balaban J connectivity index is 1.55. The number of nitrogens with one attached hydrogen (secondary N) is 2. The van der Waals surface area contributed by atoms with E-state index in [1.807, 2.05) is 60.7 Å². The molecule has 2 aromatic carbocycles. The van der Waals surface area contributed by atoms with Gasteiger partial charge in [-0.25, -0.2) is 0 Å². The summed E-state index contributed by atoms with van der Waals surface area (Å²) in [5.74, 6) is -0.281. The van der Waals surface area contributed by atoms with Gasteiger partial charge in [0.1, 0.15) is 5.69 Å². The van der Waals surface area contributed by atoms with Crippen molar-refractivity contribution >= 4 is 5.91 Å². The van der Waals surface area contributed by atoms with Crippen molar-refractivity contribution in [2.24, 2.45) is 0 Å². The van der Waals surface area contributed by atoms with Crippen molar-refractivity contribution in [3.8, 4) is 11.3 Å². The lowest BCUT2D eigenvalue weighted by atomic mass is 10.1. The number of benzene rings is 2. The molecule has 5 heteroatoms. The van der Waals surface area contributed by atoms with Crippen LogP contribution in [0.15, 0.2) is 66.7 Å². The quantitative estimate of drug-likeness (QED) is 0.652. The summed E-state index contributed by atoms with van der Waals surface area (Å²) in [4.78, 5) is 12.2. The second kappa shape index (κ2) is 7.57. The molecule has 0 aliphatic heterocycles. The summed E-state index contributed by atoms with van der Waals surface area (Å²) in [6.07, 6.45) is -0.132. The highest BCUT2D eigenvalue weighted by Crippen LogP contribution is 2.16. The van der Waals surface area contributed by atoms with Crippen LogP contribution in [-0.4, -0.2) is 33.9 Å². The maximum atomic E-state index is 12.2. The van der Waals surface area contributed by atoms with Gasteiger partial charge in [0.15, 0.2) is 0 Å². The van der Waals surface area contributed by atoms with E-state index in [2.05, 4.69) is 15.5 Å². The molecule has 0 aliphatic carbocycles. The van der Waals surface area contributed by atoms with Gasteiger partial charge < -0.3 is 10.4 Å². The summed E-state index contributed by atoms with van der Waals surface area (Å²) in [5.41, 5.74) is 3.07. The Morgan fingerprint density at radius 1 is 1.08 bits per heavy atom. The molecule has 3 aromatic rings. The van der Waals surface area contributed by atoms with Crippen molar-refractivity contribution in [3.05, 3.63) is 78.0 Å². The summed E-state index contributed by atoms with van der Waals surface area (Å²) >= 11 is 0. The molecule has 1 amide bonds. The molecular formula is C19H19N3O2. The molecule has 24 heavy (non-hydrogen) atoms. The van der Waals surface area contributed by atoms with E-state index in [9.17, 15) is 9.90 Å². The number of aliphatic hydroxyl groups excluding tert-OH is 1. The van der Waals surface area contributed by atoms with Crippen LogP contribution >= 0.6 is 0 Å². The summed E-state index contributed by atoms with van der Waals surface area (Å²) in [7, 11) is 0. The summed E-state index contributed by atoms with van der Waals surface area (Å²) < 4.78 is 0. The van der Waals surface area contributed by atoms with E-state index in [1.165, 1.54) is 0 Å². The maximum absolute atomic E-state index is 12.2. The molecule has 5 nitrogen and oxygen atoms in total. The van der Waals surface area contributed by atoms with Crippen LogP contribution < -0.4 is 5.32 Å². The van der Waals surface area contributed by atoms with Gasteiger partial charge in [-0.2, -0.15) is 5.10 Å². The van der Waals surface area contributed by atoms with Gasteiger partial charge >= 0.3 is 0 Å². The van der Waals surface area contributed by atoms with E-state index in [1.54, 1.807) is 6.07 Å². The first-order valence-electron chi connectivity index (χ1n) is 7.83. The number of aromatic amines is 1. The lowest BCUT2D eigenvalue weighted by molar-refractivity contribution is 0.0911. The van der Waals surface area contributed by atoms with Gasteiger partial charge in [-0.3, -0.25) is 9.89 Å². The largest absolute Gasteiger partial charge is 0.391 e. The molecule has 122 valence electrons. The molecule has 3 N–H and O–H groups in total. The van der Waals surface area contributed by atoms with E-state index in [4.69, 9.17) is 0 Å². The number of nitrogens with zero attached hydrogens (tertiary/aromatic N) is 1. The standard InChI is InChI=1S/C19H19N3O2/c23-16(11-14-7-3-1-4-8-14)13-20-19(24)18-12-17(21-22-18)15-9-5-2-6-10-15/h1-10,12,16,23H,11,13H2,(H,20,24)(H,21,22).